The van der Waals surface area contributed by atoms with Gasteiger partial charge in [-0.1, -0.05) is 0 Å². The molecule has 0 unspecified atom stereocenters. The number of carbonyl (C=O) groups excluding carboxylic acids is 2. The number of hydrazine groups is 1. The van der Waals surface area contributed by atoms with Gasteiger partial charge in [0.05, 0.1) is 0 Å². The molecule has 2 heterocycles. The highest BCUT2D eigenvalue weighted by atomic mass is 16.2. The van der Waals surface area contributed by atoms with E-state index in [4.69, 9.17) is 0 Å². The molecule has 0 spiro atoms. The maximum atomic E-state index is 11.4. The molecule has 1 fully saturated rings. The summed E-state index contributed by atoms with van der Waals surface area (Å²) in [4.78, 5) is 30.5. The molecule has 1 aromatic heterocycles. The Hall–Kier alpha value is -1.98. The van der Waals surface area contributed by atoms with Crippen molar-refractivity contribution in [1.29, 1.82) is 0 Å². The first-order valence-corrected chi connectivity index (χ1v) is 4.51. The molecule has 0 atom stereocenters. The van der Waals surface area contributed by atoms with E-state index in [2.05, 4.69) is 15.4 Å². The van der Waals surface area contributed by atoms with E-state index < -0.39 is 0 Å². The molecule has 0 saturated carbocycles. The Bertz CT molecular complexity index is 423. The van der Waals surface area contributed by atoms with Gasteiger partial charge in [0.1, 0.15) is 6.42 Å². The fourth-order valence-corrected chi connectivity index (χ4v) is 1.41. The van der Waals surface area contributed by atoms with Gasteiger partial charge in [-0.3, -0.25) is 15.0 Å². The maximum Gasteiger partial charge on any atom is 0.257 e. The van der Waals surface area contributed by atoms with Gasteiger partial charge in [-0.2, -0.15) is 5.01 Å². The molecule has 15 heavy (non-hydrogen) atoms. The third-order valence-electron chi connectivity index (χ3n) is 1.97. The standard InChI is InChI=1S/C9H10N4O2/c1-5-3-6(2)11-9(10-5)13-8(15)4-7(14)12-13/h3H,4H2,1-2H3,(H,12,14). The van der Waals surface area contributed by atoms with Crippen LogP contribution in [0.2, 0.25) is 0 Å². The molecule has 0 radical (unpaired) electrons. The van der Waals surface area contributed by atoms with Gasteiger partial charge in [0, 0.05) is 11.4 Å². The van der Waals surface area contributed by atoms with Crippen molar-refractivity contribution in [2.45, 2.75) is 20.3 Å². The summed E-state index contributed by atoms with van der Waals surface area (Å²) in [6, 6.07) is 1.80. The van der Waals surface area contributed by atoms with Crippen molar-refractivity contribution >= 4 is 17.8 Å². The number of nitrogens with zero attached hydrogens (tertiary/aromatic N) is 3. The summed E-state index contributed by atoms with van der Waals surface area (Å²) >= 11 is 0. The summed E-state index contributed by atoms with van der Waals surface area (Å²) in [5.74, 6) is -0.434. The molecule has 0 bridgehead atoms. The lowest BCUT2D eigenvalue weighted by Gasteiger charge is -2.13. The number of hydrogen-bond acceptors (Lipinski definition) is 4. The molecule has 1 aliphatic heterocycles. The number of aromatic nitrogens is 2. The summed E-state index contributed by atoms with van der Waals surface area (Å²) in [5.41, 5.74) is 3.91. The zero-order valence-electron chi connectivity index (χ0n) is 8.44. The van der Waals surface area contributed by atoms with Crippen LogP contribution in [0.5, 0.6) is 0 Å². The number of aryl methyl sites for hydroxylation is 2. The SMILES string of the molecule is Cc1cc(C)nc(N2NC(=O)CC2=O)n1. The zero-order chi connectivity index (χ0) is 11.0. The van der Waals surface area contributed by atoms with Crippen LogP contribution in [0.25, 0.3) is 0 Å². The Kier molecular flexibility index (Phi) is 2.11. The first kappa shape index (κ1) is 9.57. The molecule has 1 N–H and O–H groups in total. The van der Waals surface area contributed by atoms with Crippen LogP contribution in [0.15, 0.2) is 6.07 Å². The molecule has 78 valence electrons. The van der Waals surface area contributed by atoms with Crippen molar-refractivity contribution in [2.75, 3.05) is 5.01 Å². The van der Waals surface area contributed by atoms with Crippen LogP contribution in [0.1, 0.15) is 17.8 Å². The van der Waals surface area contributed by atoms with E-state index in [1.165, 1.54) is 0 Å². The third-order valence-corrected chi connectivity index (χ3v) is 1.97. The Balaban J connectivity index is 2.37. The number of amides is 2. The summed E-state index contributed by atoms with van der Waals surface area (Å²) in [6.07, 6.45) is -0.143. The van der Waals surface area contributed by atoms with Gasteiger partial charge in [-0.25, -0.2) is 9.97 Å². The van der Waals surface area contributed by atoms with Gasteiger partial charge >= 0.3 is 0 Å². The number of carbonyl (C=O) groups is 2. The van der Waals surface area contributed by atoms with Crippen molar-refractivity contribution in [3.8, 4) is 0 Å². The fraction of sp³-hybridized carbons (Fsp3) is 0.333. The predicted molar refractivity (Wildman–Crippen MR) is 51.8 cm³/mol. The Morgan fingerprint density at radius 2 is 1.87 bits per heavy atom. The fourth-order valence-electron chi connectivity index (χ4n) is 1.41. The number of nitrogens with one attached hydrogen (secondary N) is 1. The van der Waals surface area contributed by atoms with Crippen molar-refractivity contribution in [2.24, 2.45) is 0 Å². The van der Waals surface area contributed by atoms with E-state index in [0.29, 0.717) is 0 Å². The van der Waals surface area contributed by atoms with Crippen LogP contribution in [0.4, 0.5) is 5.95 Å². The molecule has 1 aliphatic rings. The highest BCUT2D eigenvalue weighted by molar-refractivity contribution is 6.11. The normalized spacial score (nSPS) is 15.7. The van der Waals surface area contributed by atoms with E-state index in [1.54, 1.807) is 19.9 Å². The molecule has 0 aliphatic carbocycles. The quantitative estimate of drug-likeness (QED) is 0.649. The van der Waals surface area contributed by atoms with Crippen LogP contribution >= 0.6 is 0 Å². The predicted octanol–water partition coefficient (Wildman–Crippen LogP) is -0.139. The van der Waals surface area contributed by atoms with Crippen LogP contribution < -0.4 is 10.4 Å². The minimum absolute atomic E-state index is 0.143. The van der Waals surface area contributed by atoms with Crippen LogP contribution in [0.3, 0.4) is 0 Å². The molecule has 6 nitrogen and oxygen atoms in total. The number of anilines is 1. The van der Waals surface area contributed by atoms with Crippen LogP contribution in [-0.4, -0.2) is 21.8 Å². The minimum atomic E-state index is -0.331. The second-order valence-electron chi connectivity index (χ2n) is 3.39. The molecule has 2 amide bonds. The zero-order valence-corrected chi connectivity index (χ0v) is 8.44. The smallest absolute Gasteiger partial charge is 0.257 e. The van der Waals surface area contributed by atoms with Crippen LogP contribution in [-0.2, 0) is 9.59 Å². The van der Waals surface area contributed by atoms with E-state index in [-0.39, 0.29) is 24.2 Å². The number of hydrogen-bond donors (Lipinski definition) is 1. The lowest BCUT2D eigenvalue weighted by Crippen LogP contribution is -2.37. The van der Waals surface area contributed by atoms with E-state index in [9.17, 15) is 9.59 Å². The lowest BCUT2D eigenvalue weighted by molar-refractivity contribution is -0.122. The Morgan fingerprint density at radius 3 is 2.33 bits per heavy atom. The van der Waals surface area contributed by atoms with E-state index in [0.717, 1.165) is 16.4 Å². The van der Waals surface area contributed by atoms with Crippen molar-refractivity contribution < 1.29 is 9.59 Å². The molecule has 1 saturated heterocycles. The van der Waals surface area contributed by atoms with Crippen molar-refractivity contribution in [1.82, 2.24) is 15.4 Å². The molecule has 1 aromatic rings. The molecular weight excluding hydrogens is 196 g/mol. The molecule has 2 rings (SSSR count). The maximum absolute atomic E-state index is 11.4. The van der Waals surface area contributed by atoms with Crippen molar-refractivity contribution in [3.63, 3.8) is 0 Å². The topological polar surface area (TPSA) is 75.2 Å². The van der Waals surface area contributed by atoms with Gasteiger partial charge in [0.25, 0.3) is 11.9 Å². The van der Waals surface area contributed by atoms with Gasteiger partial charge < -0.3 is 0 Å². The van der Waals surface area contributed by atoms with Gasteiger partial charge in [-0.15, -0.1) is 0 Å². The van der Waals surface area contributed by atoms with E-state index >= 15 is 0 Å². The molecule has 0 aromatic carbocycles. The van der Waals surface area contributed by atoms with Crippen LogP contribution in [0, 0.1) is 13.8 Å². The average molecular weight is 206 g/mol. The number of rotatable bonds is 1. The highest BCUT2D eigenvalue weighted by Crippen LogP contribution is 2.12. The summed E-state index contributed by atoms with van der Waals surface area (Å²) in [6.45, 7) is 3.61. The molecule has 6 heteroatoms. The summed E-state index contributed by atoms with van der Waals surface area (Å²) in [7, 11) is 0. The first-order chi connectivity index (χ1) is 7.06. The monoisotopic (exact) mass is 206 g/mol. The second kappa shape index (κ2) is 3.30. The summed E-state index contributed by atoms with van der Waals surface area (Å²) < 4.78 is 0. The van der Waals surface area contributed by atoms with E-state index in [1.807, 2.05) is 0 Å². The largest absolute Gasteiger partial charge is 0.273 e. The highest BCUT2D eigenvalue weighted by Gasteiger charge is 2.30. The lowest BCUT2D eigenvalue weighted by atomic mass is 10.3. The average Bonchev–Trinajstić information content (AvgIpc) is 2.43. The van der Waals surface area contributed by atoms with Gasteiger partial charge in [-0.05, 0) is 19.9 Å². The van der Waals surface area contributed by atoms with Gasteiger partial charge in [0.15, 0.2) is 0 Å². The minimum Gasteiger partial charge on any atom is -0.273 e. The first-order valence-electron chi connectivity index (χ1n) is 4.51. The van der Waals surface area contributed by atoms with Crippen molar-refractivity contribution in [3.05, 3.63) is 17.5 Å². The Morgan fingerprint density at radius 1 is 1.27 bits per heavy atom. The Labute approximate surface area is 86.3 Å². The second-order valence-corrected chi connectivity index (χ2v) is 3.39. The third kappa shape index (κ3) is 1.78. The summed E-state index contributed by atoms with van der Waals surface area (Å²) in [5, 5.41) is 1.09. The van der Waals surface area contributed by atoms with Gasteiger partial charge in [0.2, 0.25) is 5.91 Å². The molecular formula is C9H10N4O2.